The highest BCUT2D eigenvalue weighted by Gasteiger charge is 2.27. The smallest absolute Gasteiger partial charge is 0.220 e. The SMILES string of the molecule is CC(C)CC(C)(CN)NC(=O)CC(C)(C)C.Cl. The zero-order valence-corrected chi connectivity index (χ0v) is 12.9. The van der Waals surface area contributed by atoms with Crippen molar-refractivity contribution in [1.29, 1.82) is 0 Å². The largest absolute Gasteiger partial charge is 0.350 e. The Morgan fingerprint density at radius 1 is 1.24 bits per heavy atom. The number of carbonyl (C=O) groups excluding carboxylic acids is 1. The second-order valence-electron chi connectivity index (χ2n) is 6.65. The summed E-state index contributed by atoms with van der Waals surface area (Å²) in [5.41, 5.74) is 5.51. The first kappa shape index (κ1) is 19.1. The second kappa shape index (κ2) is 7.22. The van der Waals surface area contributed by atoms with Gasteiger partial charge in [-0.3, -0.25) is 4.79 Å². The molecule has 0 bridgehead atoms. The maximum atomic E-state index is 11.8. The van der Waals surface area contributed by atoms with Crippen LogP contribution >= 0.6 is 12.4 Å². The Hall–Kier alpha value is -0.280. The van der Waals surface area contributed by atoms with Crippen LogP contribution in [0.1, 0.15) is 54.4 Å². The highest BCUT2D eigenvalue weighted by atomic mass is 35.5. The summed E-state index contributed by atoms with van der Waals surface area (Å²) in [7, 11) is 0. The molecule has 3 nitrogen and oxygen atoms in total. The Morgan fingerprint density at radius 3 is 2.00 bits per heavy atom. The van der Waals surface area contributed by atoms with Crippen molar-refractivity contribution in [3.63, 3.8) is 0 Å². The van der Waals surface area contributed by atoms with E-state index in [1.807, 2.05) is 6.92 Å². The van der Waals surface area contributed by atoms with E-state index >= 15 is 0 Å². The van der Waals surface area contributed by atoms with Crippen molar-refractivity contribution < 1.29 is 4.79 Å². The van der Waals surface area contributed by atoms with Crippen molar-refractivity contribution in [3.05, 3.63) is 0 Å². The summed E-state index contributed by atoms with van der Waals surface area (Å²) in [5, 5.41) is 3.07. The molecule has 0 spiro atoms. The predicted molar refractivity (Wildman–Crippen MR) is 76.4 cm³/mol. The lowest BCUT2D eigenvalue weighted by Gasteiger charge is -2.32. The summed E-state index contributed by atoms with van der Waals surface area (Å²) in [6.07, 6.45) is 1.46. The highest BCUT2D eigenvalue weighted by molar-refractivity contribution is 5.85. The molecule has 4 heteroatoms. The summed E-state index contributed by atoms with van der Waals surface area (Å²) in [6.45, 7) is 13.0. The third-order valence-electron chi connectivity index (χ3n) is 2.44. The van der Waals surface area contributed by atoms with Crippen LogP contribution in [0.25, 0.3) is 0 Å². The minimum absolute atomic E-state index is 0. The molecule has 0 aliphatic heterocycles. The van der Waals surface area contributed by atoms with Crippen LogP contribution in [0.4, 0.5) is 0 Å². The zero-order chi connectivity index (χ0) is 13.0. The minimum Gasteiger partial charge on any atom is -0.350 e. The average molecular weight is 265 g/mol. The highest BCUT2D eigenvalue weighted by Crippen LogP contribution is 2.20. The molecule has 1 atom stereocenters. The van der Waals surface area contributed by atoms with Crippen molar-refractivity contribution in [1.82, 2.24) is 5.32 Å². The molecule has 0 fully saturated rings. The van der Waals surface area contributed by atoms with Gasteiger partial charge in [0.1, 0.15) is 0 Å². The summed E-state index contributed by atoms with van der Waals surface area (Å²) in [4.78, 5) is 11.8. The van der Waals surface area contributed by atoms with E-state index in [-0.39, 0.29) is 29.3 Å². The van der Waals surface area contributed by atoms with Crippen LogP contribution in [0.15, 0.2) is 0 Å². The fraction of sp³-hybridized carbons (Fsp3) is 0.923. The number of hydrogen-bond donors (Lipinski definition) is 2. The lowest BCUT2D eigenvalue weighted by molar-refractivity contribution is -0.124. The van der Waals surface area contributed by atoms with Gasteiger partial charge in [0.2, 0.25) is 5.91 Å². The summed E-state index contributed by atoms with van der Waals surface area (Å²) in [6, 6.07) is 0. The van der Waals surface area contributed by atoms with Crippen LogP contribution < -0.4 is 11.1 Å². The van der Waals surface area contributed by atoms with E-state index < -0.39 is 0 Å². The van der Waals surface area contributed by atoms with Crippen molar-refractivity contribution in [3.8, 4) is 0 Å². The maximum Gasteiger partial charge on any atom is 0.220 e. The number of nitrogens with one attached hydrogen (secondary N) is 1. The fourth-order valence-electron chi connectivity index (χ4n) is 1.95. The molecule has 17 heavy (non-hydrogen) atoms. The van der Waals surface area contributed by atoms with Gasteiger partial charge in [0.05, 0.1) is 0 Å². The molecular formula is C13H29ClN2O. The molecule has 0 rings (SSSR count). The summed E-state index contributed by atoms with van der Waals surface area (Å²) < 4.78 is 0. The van der Waals surface area contributed by atoms with E-state index in [1.165, 1.54) is 0 Å². The Balaban J connectivity index is 0. The van der Waals surface area contributed by atoms with E-state index in [9.17, 15) is 4.79 Å². The van der Waals surface area contributed by atoms with Crippen molar-refractivity contribution >= 4 is 18.3 Å². The van der Waals surface area contributed by atoms with Gasteiger partial charge in [0.15, 0.2) is 0 Å². The van der Waals surface area contributed by atoms with Gasteiger partial charge in [-0.2, -0.15) is 0 Å². The van der Waals surface area contributed by atoms with E-state index in [0.29, 0.717) is 18.9 Å². The molecule has 0 aromatic heterocycles. The molecule has 1 amide bonds. The molecular weight excluding hydrogens is 236 g/mol. The van der Waals surface area contributed by atoms with Crippen LogP contribution in [-0.2, 0) is 4.79 Å². The van der Waals surface area contributed by atoms with Gasteiger partial charge < -0.3 is 11.1 Å². The predicted octanol–water partition coefficient (Wildman–Crippen LogP) is 2.72. The van der Waals surface area contributed by atoms with Crippen LogP contribution in [0, 0.1) is 11.3 Å². The average Bonchev–Trinajstić information content (AvgIpc) is 1.98. The fourth-order valence-corrected chi connectivity index (χ4v) is 1.95. The van der Waals surface area contributed by atoms with Crippen molar-refractivity contribution in [2.45, 2.75) is 59.9 Å². The normalized spacial score (nSPS) is 15.1. The maximum absolute atomic E-state index is 11.8. The van der Waals surface area contributed by atoms with E-state index in [1.54, 1.807) is 0 Å². The minimum atomic E-state index is -0.267. The Bertz CT molecular complexity index is 236. The van der Waals surface area contributed by atoms with Crippen molar-refractivity contribution in [2.24, 2.45) is 17.1 Å². The third-order valence-corrected chi connectivity index (χ3v) is 2.44. The molecule has 104 valence electrons. The lowest BCUT2D eigenvalue weighted by atomic mass is 9.88. The first-order valence-electron chi connectivity index (χ1n) is 6.09. The molecule has 0 heterocycles. The molecule has 0 aliphatic rings. The van der Waals surface area contributed by atoms with Gasteiger partial charge in [0.25, 0.3) is 0 Å². The molecule has 0 aliphatic carbocycles. The standard InChI is InChI=1S/C13H28N2O.ClH/c1-10(2)7-13(6,9-14)15-11(16)8-12(3,4)5;/h10H,7-9,14H2,1-6H3,(H,15,16);1H. The summed E-state index contributed by atoms with van der Waals surface area (Å²) in [5.74, 6) is 0.629. The number of amides is 1. The van der Waals surface area contributed by atoms with Crippen LogP contribution in [0.3, 0.4) is 0 Å². The zero-order valence-electron chi connectivity index (χ0n) is 12.1. The number of halogens is 1. The Morgan fingerprint density at radius 2 is 1.71 bits per heavy atom. The third kappa shape index (κ3) is 9.42. The lowest BCUT2D eigenvalue weighted by Crippen LogP contribution is -2.52. The Labute approximate surface area is 112 Å². The quantitative estimate of drug-likeness (QED) is 0.802. The van der Waals surface area contributed by atoms with Gasteiger partial charge in [0, 0.05) is 18.5 Å². The number of nitrogens with two attached hydrogens (primary N) is 1. The molecule has 0 saturated carbocycles. The molecule has 3 N–H and O–H groups in total. The topological polar surface area (TPSA) is 55.1 Å². The summed E-state index contributed by atoms with van der Waals surface area (Å²) >= 11 is 0. The van der Waals surface area contributed by atoms with Crippen LogP contribution in [-0.4, -0.2) is 18.0 Å². The van der Waals surface area contributed by atoms with Gasteiger partial charge >= 0.3 is 0 Å². The first-order chi connectivity index (χ1) is 7.08. The van der Waals surface area contributed by atoms with Crippen LogP contribution in [0.2, 0.25) is 0 Å². The van der Waals surface area contributed by atoms with E-state index in [4.69, 9.17) is 5.73 Å². The number of carbonyl (C=O) groups is 1. The van der Waals surface area contributed by atoms with E-state index in [0.717, 1.165) is 6.42 Å². The van der Waals surface area contributed by atoms with Crippen LogP contribution in [0.5, 0.6) is 0 Å². The first-order valence-corrected chi connectivity index (χ1v) is 6.09. The number of rotatable bonds is 5. The molecule has 0 radical (unpaired) electrons. The number of hydrogen-bond acceptors (Lipinski definition) is 2. The second-order valence-corrected chi connectivity index (χ2v) is 6.65. The Kier molecular flexibility index (Phi) is 8.10. The molecule has 0 saturated heterocycles. The monoisotopic (exact) mass is 264 g/mol. The van der Waals surface area contributed by atoms with Gasteiger partial charge in [-0.1, -0.05) is 34.6 Å². The molecule has 1 unspecified atom stereocenters. The van der Waals surface area contributed by atoms with Gasteiger partial charge in [-0.05, 0) is 24.7 Å². The van der Waals surface area contributed by atoms with E-state index in [2.05, 4.69) is 39.9 Å². The van der Waals surface area contributed by atoms with Crippen molar-refractivity contribution in [2.75, 3.05) is 6.54 Å². The van der Waals surface area contributed by atoms with Gasteiger partial charge in [-0.25, -0.2) is 0 Å². The molecule has 0 aromatic carbocycles. The van der Waals surface area contributed by atoms with Gasteiger partial charge in [-0.15, -0.1) is 12.4 Å². The molecule has 0 aromatic rings.